The Bertz CT molecular complexity index is 861. The van der Waals surface area contributed by atoms with Crippen molar-refractivity contribution >= 4 is 16.7 Å². The SMILES string of the molecule is CC(=O)c1c(C)n(C)c2ccc(OCc3nnc(C)o3)cc12. The average molecular weight is 299 g/mol. The van der Waals surface area contributed by atoms with Crippen molar-refractivity contribution in [2.24, 2.45) is 7.05 Å². The van der Waals surface area contributed by atoms with Gasteiger partial charge in [-0.1, -0.05) is 0 Å². The van der Waals surface area contributed by atoms with E-state index in [0.29, 0.717) is 17.5 Å². The van der Waals surface area contributed by atoms with Crippen LogP contribution in [0, 0.1) is 13.8 Å². The van der Waals surface area contributed by atoms with E-state index in [1.54, 1.807) is 13.8 Å². The Morgan fingerprint density at radius 3 is 2.73 bits per heavy atom. The monoisotopic (exact) mass is 299 g/mol. The van der Waals surface area contributed by atoms with Gasteiger partial charge in [-0.2, -0.15) is 0 Å². The van der Waals surface area contributed by atoms with Gasteiger partial charge in [0.25, 0.3) is 5.89 Å². The molecule has 114 valence electrons. The van der Waals surface area contributed by atoms with Crippen molar-refractivity contribution in [3.8, 4) is 5.75 Å². The summed E-state index contributed by atoms with van der Waals surface area (Å²) in [6, 6.07) is 5.69. The normalized spacial score (nSPS) is 11.1. The molecule has 0 fully saturated rings. The molecule has 3 rings (SSSR count). The zero-order chi connectivity index (χ0) is 15.9. The molecule has 0 amide bonds. The molecule has 0 unspecified atom stereocenters. The van der Waals surface area contributed by atoms with Crippen LogP contribution in [0.3, 0.4) is 0 Å². The van der Waals surface area contributed by atoms with E-state index in [0.717, 1.165) is 22.2 Å². The minimum Gasteiger partial charge on any atom is -0.484 e. The van der Waals surface area contributed by atoms with Gasteiger partial charge in [-0.05, 0) is 32.0 Å². The maximum atomic E-state index is 11.9. The molecule has 1 aromatic carbocycles. The Hall–Kier alpha value is -2.63. The smallest absolute Gasteiger partial charge is 0.253 e. The number of aryl methyl sites for hydroxylation is 2. The van der Waals surface area contributed by atoms with Crippen molar-refractivity contribution in [2.45, 2.75) is 27.4 Å². The first-order valence-corrected chi connectivity index (χ1v) is 6.99. The molecule has 0 saturated heterocycles. The number of nitrogens with zero attached hydrogens (tertiary/aromatic N) is 3. The Morgan fingerprint density at radius 1 is 1.32 bits per heavy atom. The molecule has 0 aliphatic rings. The number of hydrogen-bond acceptors (Lipinski definition) is 5. The van der Waals surface area contributed by atoms with Crippen LogP contribution in [0.2, 0.25) is 0 Å². The first kappa shape index (κ1) is 14.3. The molecule has 0 atom stereocenters. The summed E-state index contributed by atoms with van der Waals surface area (Å²) in [5.41, 5.74) is 2.69. The first-order chi connectivity index (χ1) is 10.5. The fourth-order valence-electron chi connectivity index (χ4n) is 2.63. The molecule has 0 aliphatic heterocycles. The molecule has 2 heterocycles. The topological polar surface area (TPSA) is 70.2 Å². The number of carbonyl (C=O) groups excluding carboxylic acids is 1. The third-order valence-electron chi connectivity index (χ3n) is 3.75. The summed E-state index contributed by atoms with van der Waals surface area (Å²) in [7, 11) is 1.95. The number of aromatic nitrogens is 3. The highest BCUT2D eigenvalue weighted by molar-refractivity contribution is 6.08. The second kappa shape index (κ2) is 5.29. The van der Waals surface area contributed by atoms with Crippen molar-refractivity contribution in [3.63, 3.8) is 0 Å². The van der Waals surface area contributed by atoms with Crippen LogP contribution >= 0.6 is 0 Å². The van der Waals surface area contributed by atoms with Crippen LogP contribution in [-0.4, -0.2) is 20.5 Å². The average Bonchev–Trinajstić information content (AvgIpc) is 2.99. The van der Waals surface area contributed by atoms with Gasteiger partial charge in [-0.3, -0.25) is 4.79 Å². The summed E-state index contributed by atoms with van der Waals surface area (Å²) in [5, 5.41) is 8.54. The first-order valence-electron chi connectivity index (χ1n) is 6.99. The lowest BCUT2D eigenvalue weighted by molar-refractivity contribution is 0.101. The molecule has 0 bridgehead atoms. The van der Waals surface area contributed by atoms with E-state index in [1.807, 2.05) is 36.7 Å². The Morgan fingerprint density at radius 2 is 2.09 bits per heavy atom. The third-order valence-corrected chi connectivity index (χ3v) is 3.75. The number of benzene rings is 1. The van der Waals surface area contributed by atoms with Crippen LogP contribution in [0.15, 0.2) is 22.6 Å². The number of ether oxygens (including phenoxy) is 1. The molecule has 0 saturated carbocycles. The molecule has 0 radical (unpaired) electrons. The van der Waals surface area contributed by atoms with E-state index < -0.39 is 0 Å². The van der Waals surface area contributed by atoms with Gasteiger partial charge in [0, 0.05) is 36.1 Å². The fraction of sp³-hybridized carbons (Fsp3) is 0.312. The Kier molecular flexibility index (Phi) is 3.44. The van der Waals surface area contributed by atoms with Crippen molar-refractivity contribution in [1.29, 1.82) is 0 Å². The minimum absolute atomic E-state index is 0.0489. The fourth-order valence-corrected chi connectivity index (χ4v) is 2.63. The van der Waals surface area contributed by atoms with E-state index >= 15 is 0 Å². The number of hydrogen-bond donors (Lipinski definition) is 0. The van der Waals surface area contributed by atoms with Gasteiger partial charge < -0.3 is 13.7 Å². The molecule has 0 N–H and O–H groups in total. The maximum Gasteiger partial charge on any atom is 0.253 e. The summed E-state index contributed by atoms with van der Waals surface area (Å²) in [6.07, 6.45) is 0. The van der Waals surface area contributed by atoms with Crippen molar-refractivity contribution < 1.29 is 13.9 Å². The highest BCUT2D eigenvalue weighted by Gasteiger charge is 2.16. The number of Topliss-reactive ketones (excluding diaryl/α,β-unsaturated/α-hetero) is 1. The van der Waals surface area contributed by atoms with Crippen molar-refractivity contribution in [3.05, 3.63) is 41.2 Å². The molecular formula is C16H17N3O3. The number of carbonyl (C=O) groups is 1. The van der Waals surface area contributed by atoms with Gasteiger partial charge in [-0.25, -0.2) is 0 Å². The molecular weight excluding hydrogens is 282 g/mol. The lowest BCUT2D eigenvalue weighted by atomic mass is 10.1. The predicted molar refractivity (Wildman–Crippen MR) is 81.0 cm³/mol. The van der Waals surface area contributed by atoms with Crippen molar-refractivity contribution in [1.82, 2.24) is 14.8 Å². The number of rotatable bonds is 4. The maximum absolute atomic E-state index is 11.9. The zero-order valence-electron chi connectivity index (χ0n) is 13.0. The summed E-state index contributed by atoms with van der Waals surface area (Å²) in [5.74, 6) is 1.64. The minimum atomic E-state index is 0.0489. The van der Waals surface area contributed by atoms with Crippen molar-refractivity contribution in [2.75, 3.05) is 0 Å². The van der Waals surface area contributed by atoms with E-state index in [-0.39, 0.29) is 12.4 Å². The van der Waals surface area contributed by atoms with Gasteiger partial charge in [0.05, 0.1) is 0 Å². The van der Waals surface area contributed by atoms with Gasteiger partial charge in [0.1, 0.15) is 5.75 Å². The van der Waals surface area contributed by atoms with E-state index in [9.17, 15) is 4.79 Å². The van der Waals surface area contributed by atoms with Gasteiger partial charge in [0.2, 0.25) is 5.89 Å². The second-order valence-electron chi connectivity index (χ2n) is 5.26. The number of fused-ring (bicyclic) bond motifs is 1. The Balaban J connectivity index is 1.95. The standard InChI is InChI=1S/C16H17N3O3/c1-9-16(10(2)20)13-7-12(5-6-14(13)19(9)4)21-8-15-18-17-11(3)22-15/h5-7H,8H2,1-4H3. The summed E-state index contributed by atoms with van der Waals surface area (Å²) >= 11 is 0. The van der Waals surface area contributed by atoms with E-state index in [1.165, 1.54) is 0 Å². The molecule has 0 spiro atoms. The van der Waals surface area contributed by atoms with Gasteiger partial charge >= 0.3 is 0 Å². The highest BCUT2D eigenvalue weighted by Crippen LogP contribution is 2.29. The zero-order valence-corrected chi connectivity index (χ0v) is 13.0. The summed E-state index contributed by atoms with van der Waals surface area (Å²) in [4.78, 5) is 11.9. The van der Waals surface area contributed by atoms with Gasteiger partial charge in [-0.15, -0.1) is 10.2 Å². The third kappa shape index (κ3) is 2.36. The summed E-state index contributed by atoms with van der Waals surface area (Å²) in [6.45, 7) is 5.46. The van der Waals surface area contributed by atoms with Crippen LogP contribution < -0.4 is 4.74 Å². The molecule has 0 aliphatic carbocycles. The molecule has 6 nitrogen and oxygen atoms in total. The van der Waals surface area contributed by atoms with Crippen LogP contribution in [-0.2, 0) is 13.7 Å². The lowest BCUT2D eigenvalue weighted by Crippen LogP contribution is -1.97. The molecule has 6 heteroatoms. The lowest BCUT2D eigenvalue weighted by Gasteiger charge is -2.04. The van der Waals surface area contributed by atoms with Crippen LogP contribution in [0.1, 0.15) is 34.8 Å². The predicted octanol–water partition coefficient (Wildman–Crippen LogP) is 2.96. The quantitative estimate of drug-likeness (QED) is 0.693. The second-order valence-corrected chi connectivity index (χ2v) is 5.26. The van der Waals surface area contributed by atoms with Crippen LogP contribution in [0.5, 0.6) is 5.75 Å². The van der Waals surface area contributed by atoms with E-state index in [4.69, 9.17) is 9.15 Å². The van der Waals surface area contributed by atoms with Crippen LogP contribution in [0.4, 0.5) is 0 Å². The molecule has 22 heavy (non-hydrogen) atoms. The largest absolute Gasteiger partial charge is 0.484 e. The van der Waals surface area contributed by atoms with E-state index in [2.05, 4.69) is 10.2 Å². The Labute approximate surface area is 127 Å². The molecule has 3 aromatic rings. The summed E-state index contributed by atoms with van der Waals surface area (Å²) < 4.78 is 13.0. The van der Waals surface area contributed by atoms with Crippen LogP contribution in [0.25, 0.3) is 10.9 Å². The highest BCUT2D eigenvalue weighted by atomic mass is 16.5. The molecule has 2 aromatic heterocycles. The van der Waals surface area contributed by atoms with Gasteiger partial charge in [0.15, 0.2) is 12.4 Å². The number of ketones is 1.